The third-order valence-corrected chi connectivity index (χ3v) is 4.82. The molecule has 1 fully saturated rings. The van der Waals surface area contributed by atoms with E-state index < -0.39 is 15.3 Å². The van der Waals surface area contributed by atoms with Crippen molar-refractivity contribution >= 4 is 10.0 Å². The van der Waals surface area contributed by atoms with Crippen LogP contribution < -0.4 is 10.0 Å². The molecule has 0 radical (unpaired) electrons. The third-order valence-electron chi connectivity index (χ3n) is 2.99. The molecule has 0 aromatic rings. The lowest BCUT2D eigenvalue weighted by molar-refractivity contribution is 0.129. The molecular weight excluding hydrogens is 252 g/mol. The molecule has 1 aliphatic carbocycles. The van der Waals surface area contributed by atoms with Crippen molar-refractivity contribution in [3.8, 4) is 0 Å². The molecular formula is C12H26N2O3S. The van der Waals surface area contributed by atoms with E-state index in [0.29, 0.717) is 19.7 Å². The lowest BCUT2D eigenvalue weighted by atomic mass is 10.4. The van der Waals surface area contributed by atoms with Crippen LogP contribution in [0.1, 0.15) is 33.1 Å². The second kappa shape index (κ2) is 8.09. The lowest BCUT2D eigenvalue weighted by Gasteiger charge is -2.14. The van der Waals surface area contributed by atoms with Crippen LogP contribution in [0.25, 0.3) is 0 Å². The minimum atomic E-state index is -3.22. The fraction of sp³-hybridized carbons (Fsp3) is 1.00. The molecule has 1 rings (SSSR count). The Morgan fingerprint density at radius 1 is 1.33 bits per heavy atom. The van der Waals surface area contributed by atoms with Gasteiger partial charge >= 0.3 is 0 Å². The smallest absolute Gasteiger partial charge is 0.215 e. The Morgan fingerprint density at radius 2 is 2.06 bits per heavy atom. The average Bonchev–Trinajstić information content (AvgIpc) is 3.12. The summed E-state index contributed by atoms with van der Waals surface area (Å²) in [4.78, 5) is 0. The molecule has 0 bridgehead atoms. The second-order valence-corrected chi connectivity index (χ2v) is 7.16. The van der Waals surface area contributed by atoms with Gasteiger partial charge in [-0.15, -0.1) is 0 Å². The zero-order chi connectivity index (χ0) is 13.4. The topological polar surface area (TPSA) is 67.4 Å². The molecule has 0 heterocycles. The summed E-state index contributed by atoms with van der Waals surface area (Å²) in [5.41, 5.74) is 0. The SMILES string of the molecule is CCCNCC(C)S(=O)(=O)NCCOCC1CC1. The summed E-state index contributed by atoms with van der Waals surface area (Å²) >= 11 is 0. The van der Waals surface area contributed by atoms with Gasteiger partial charge in [0, 0.05) is 19.7 Å². The van der Waals surface area contributed by atoms with Crippen molar-refractivity contribution in [1.82, 2.24) is 10.0 Å². The fourth-order valence-corrected chi connectivity index (χ4v) is 2.51. The Morgan fingerprint density at radius 3 is 2.67 bits per heavy atom. The van der Waals surface area contributed by atoms with Crippen LogP contribution in [0.15, 0.2) is 0 Å². The number of sulfonamides is 1. The van der Waals surface area contributed by atoms with Crippen molar-refractivity contribution in [3.63, 3.8) is 0 Å². The largest absolute Gasteiger partial charge is 0.380 e. The van der Waals surface area contributed by atoms with Crippen LogP contribution in [-0.4, -0.2) is 46.5 Å². The first kappa shape index (κ1) is 15.9. The second-order valence-electron chi connectivity index (χ2n) is 4.97. The van der Waals surface area contributed by atoms with Gasteiger partial charge < -0.3 is 10.1 Å². The number of hydrogen-bond acceptors (Lipinski definition) is 4. The Labute approximate surface area is 111 Å². The van der Waals surface area contributed by atoms with Crippen molar-refractivity contribution in [2.75, 3.05) is 32.8 Å². The maximum atomic E-state index is 11.8. The summed E-state index contributed by atoms with van der Waals surface area (Å²) in [6, 6.07) is 0. The highest BCUT2D eigenvalue weighted by atomic mass is 32.2. The predicted molar refractivity (Wildman–Crippen MR) is 73.1 cm³/mol. The van der Waals surface area contributed by atoms with Gasteiger partial charge in [-0.1, -0.05) is 6.92 Å². The normalized spacial score (nSPS) is 17.9. The first-order chi connectivity index (χ1) is 8.56. The lowest BCUT2D eigenvalue weighted by Crippen LogP contribution is -2.40. The summed E-state index contributed by atoms with van der Waals surface area (Å²) in [6.45, 7) is 6.72. The number of ether oxygens (including phenoxy) is 1. The number of rotatable bonds is 11. The van der Waals surface area contributed by atoms with Gasteiger partial charge in [0.15, 0.2) is 0 Å². The molecule has 0 saturated heterocycles. The highest BCUT2D eigenvalue weighted by Gasteiger charge is 2.22. The zero-order valence-corrected chi connectivity index (χ0v) is 12.3. The Bertz CT molecular complexity index is 315. The van der Waals surface area contributed by atoms with E-state index in [1.807, 2.05) is 0 Å². The van der Waals surface area contributed by atoms with Crippen LogP contribution >= 0.6 is 0 Å². The van der Waals surface area contributed by atoms with E-state index in [4.69, 9.17) is 4.74 Å². The molecule has 0 spiro atoms. The van der Waals surface area contributed by atoms with E-state index in [0.717, 1.165) is 25.5 Å². The molecule has 18 heavy (non-hydrogen) atoms. The minimum absolute atomic E-state index is 0.368. The van der Waals surface area contributed by atoms with Crippen molar-refractivity contribution in [3.05, 3.63) is 0 Å². The van der Waals surface area contributed by atoms with E-state index in [9.17, 15) is 8.42 Å². The van der Waals surface area contributed by atoms with Gasteiger partial charge in [-0.05, 0) is 38.6 Å². The highest BCUT2D eigenvalue weighted by molar-refractivity contribution is 7.90. The molecule has 1 atom stereocenters. The Hall–Kier alpha value is -0.170. The zero-order valence-electron chi connectivity index (χ0n) is 11.4. The van der Waals surface area contributed by atoms with Crippen LogP contribution in [0.4, 0.5) is 0 Å². The van der Waals surface area contributed by atoms with Gasteiger partial charge in [0.05, 0.1) is 11.9 Å². The van der Waals surface area contributed by atoms with Crippen LogP contribution in [0.5, 0.6) is 0 Å². The van der Waals surface area contributed by atoms with E-state index in [2.05, 4.69) is 17.0 Å². The quantitative estimate of drug-likeness (QED) is 0.547. The first-order valence-corrected chi connectivity index (χ1v) is 8.37. The Kier molecular flexibility index (Phi) is 7.14. The summed E-state index contributed by atoms with van der Waals surface area (Å²) < 4.78 is 31.6. The summed E-state index contributed by atoms with van der Waals surface area (Å²) in [5.74, 6) is 0.721. The van der Waals surface area contributed by atoms with Gasteiger partial charge in [0.25, 0.3) is 0 Å². The minimum Gasteiger partial charge on any atom is -0.380 e. The molecule has 0 aromatic carbocycles. The van der Waals surface area contributed by atoms with Crippen molar-refractivity contribution in [2.24, 2.45) is 5.92 Å². The predicted octanol–water partition coefficient (Wildman–Crippen LogP) is 0.721. The molecule has 6 heteroatoms. The molecule has 1 saturated carbocycles. The van der Waals surface area contributed by atoms with Crippen molar-refractivity contribution in [1.29, 1.82) is 0 Å². The fourth-order valence-electron chi connectivity index (χ4n) is 1.52. The molecule has 2 N–H and O–H groups in total. The Balaban J connectivity index is 2.08. The van der Waals surface area contributed by atoms with Gasteiger partial charge in [-0.3, -0.25) is 0 Å². The third kappa shape index (κ3) is 6.68. The summed E-state index contributed by atoms with van der Waals surface area (Å²) in [7, 11) is -3.22. The molecule has 5 nitrogen and oxygen atoms in total. The highest BCUT2D eigenvalue weighted by Crippen LogP contribution is 2.28. The van der Waals surface area contributed by atoms with Gasteiger partial charge in [0.1, 0.15) is 0 Å². The van der Waals surface area contributed by atoms with Gasteiger partial charge in [-0.2, -0.15) is 0 Å². The van der Waals surface area contributed by atoms with Gasteiger partial charge in [-0.25, -0.2) is 13.1 Å². The van der Waals surface area contributed by atoms with Crippen LogP contribution in [0.2, 0.25) is 0 Å². The molecule has 1 unspecified atom stereocenters. The van der Waals surface area contributed by atoms with Crippen LogP contribution in [-0.2, 0) is 14.8 Å². The molecule has 0 amide bonds. The van der Waals surface area contributed by atoms with Crippen molar-refractivity contribution in [2.45, 2.75) is 38.4 Å². The van der Waals surface area contributed by atoms with Gasteiger partial charge in [0.2, 0.25) is 10.0 Å². The maximum Gasteiger partial charge on any atom is 0.215 e. The van der Waals surface area contributed by atoms with E-state index >= 15 is 0 Å². The van der Waals surface area contributed by atoms with Crippen LogP contribution in [0, 0.1) is 5.92 Å². The number of hydrogen-bond donors (Lipinski definition) is 2. The summed E-state index contributed by atoms with van der Waals surface area (Å²) in [5, 5.41) is 2.71. The summed E-state index contributed by atoms with van der Waals surface area (Å²) in [6.07, 6.45) is 3.52. The average molecular weight is 278 g/mol. The standard InChI is InChI=1S/C12H26N2O3S/c1-3-6-13-9-11(2)18(15,16)14-7-8-17-10-12-4-5-12/h11-14H,3-10H2,1-2H3. The molecule has 1 aliphatic rings. The molecule has 0 aromatic heterocycles. The van der Waals surface area contributed by atoms with Crippen molar-refractivity contribution < 1.29 is 13.2 Å². The van der Waals surface area contributed by atoms with Crippen LogP contribution in [0.3, 0.4) is 0 Å². The first-order valence-electron chi connectivity index (χ1n) is 6.83. The maximum absolute atomic E-state index is 11.8. The van der Waals surface area contributed by atoms with E-state index in [-0.39, 0.29) is 0 Å². The van der Waals surface area contributed by atoms with E-state index in [1.54, 1.807) is 6.92 Å². The molecule has 0 aliphatic heterocycles. The number of nitrogens with one attached hydrogen (secondary N) is 2. The van der Waals surface area contributed by atoms with E-state index in [1.165, 1.54) is 12.8 Å². The monoisotopic (exact) mass is 278 g/mol. The molecule has 108 valence electrons.